The zero-order chi connectivity index (χ0) is 56.5. The number of ketones is 3. The largest absolute Gasteiger partial charge is 0.444 e. The molecule has 0 aromatic carbocycles. The second-order valence-corrected chi connectivity index (χ2v) is 28.3. The lowest BCUT2D eigenvalue weighted by Gasteiger charge is -2.30. The fraction of sp³-hybridized carbons (Fsp3) is 0.821. The Hall–Kier alpha value is -4.34. The third-order valence-electron chi connectivity index (χ3n) is 12.6. The van der Waals surface area contributed by atoms with E-state index in [1.165, 1.54) is 14.7 Å². The molecule has 5 unspecified atom stereocenters. The Morgan fingerprint density at radius 3 is 1.21 bits per heavy atom. The van der Waals surface area contributed by atoms with Gasteiger partial charge in [0, 0.05) is 70.9 Å². The summed E-state index contributed by atoms with van der Waals surface area (Å²) in [6.07, 6.45) is 1.83. The third-order valence-corrected chi connectivity index (χ3v) is 12.6. The summed E-state index contributed by atoms with van der Waals surface area (Å²) in [6.45, 7) is 41.6. The lowest BCUT2D eigenvalue weighted by atomic mass is 9.80. The van der Waals surface area contributed by atoms with E-state index in [-0.39, 0.29) is 155 Å². The Morgan fingerprint density at radius 2 is 0.875 bits per heavy atom. The molecule has 3 fully saturated rings. The van der Waals surface area contributed by atoms with E-state index in [4.69, 9.17) is 4.74 Å². The zero-order valence-corrected chi connectivity index (χ0v) is 48.8. The third kappa shape index (κ3) is 22.4. The molecule has 3 aliphatic heterocycles. The van der Waals surface area contributed by atoms with Crippen molar-refractivity contribution < 1.29 is 58.0 Å². The van der Waals surface area contributed by atoms with Crippen molar-refractivity contribution >= 4 is 58.9 Å². The molecular weight excluding hydrogens is 919 g/mol. The maximum absolute atomic E-state index is 13.0. The second-order valence-electron chi connectivity index (χ2n) is 28.3. The quantitative estimate of drug-likeness (QED) is 0.142. The molecular formula is C56H98N5O11+. The molecule has 72 heavy (non-hydrogen) atoms. The van der Waals surface area contributed by atoms with Gasteiger partial charge >= 0.3 is 6.09 Å². The molecule has 3 aliphatic rings. The molecule has 0 saturated carbocycles. The van der Waals surface area contributed by atoms with Crippen LogP contribution in [0.3, 0.4) is 0 Å². The standard InChI is InChI=1S/C22H38N2O5.C18H32N2O3.C16H27NO3/c1-20(2,3)12-15(25)10-14(13-23-19(28)29-22(7,8)9)24-17(26)11-16(18(24)27)21(4,5)6;1-17(2,3)10-13(21)8-12(11-19-7)20-15(22)9-14(16(20)23)18(4,5)6;1-15(2,3)10-11(18)7-8-17-13(19)9-12(14(17)20)16(4,5)6/h14,16H,10-13H2,1-9H3,(H,23,28);12,14,19H,8-11H2,1-7H3;12H,7-10H2,1-6H3/p+1. The molecule has 5 atom stereocenters. The van der Waals surface area contributed by atoms with E-state index < -0.39 is 23.7 Å². The number of carbonyl (C=O) groups excluding carboxylic acids is 10. The minimum Gasteiger partial charge on any atom is -0.444 e. The van der Waals surface area contributed by atoms with Gasteiger partial charge in [-0.1, -0.05) is 125 Å². The van der Waals surface area contributed by atoms with E-state index in [1.807, 2.05) is 137 Å². The minimum atomic E-state index is -0.718. The number of hydrogen-bond donors (Lipinski definition) is 2. The monoisotopic (exact) mass is 1020 g/mol. The summed E-state index contributed by atoms with van der Waals surface area (Å²) in [5.41, 5.74) is -1.81. The van der Waals surface area contributed by atoms with Crippen LogP contribution in [0.25, 0.3) is 0 Å². The van der Waals surface area contributed by atoms with Crippen molar-refractivity contribution in [1.82, 2.24) is 20.0 Å². The van der Waals surface area contributed by atoms with Crippen molar-refractivity contribution in [2.45, 2.75) is 221 Å². The van der Waals surface area contributed by atoms with Crippen LogP contribution in [0.4, 0.5) is 4.79 Å². The van der Waals surface area contributed by atoms with Crippen LogP contribution in [0.2, 0.25) is 0 Å². The van der Waals surface area contributed by atoms with Crippen LogP contribution in [0.1, 0.15) is 203 Å². The van der Waals surface area contributed by atoms with Gasteiger partial charge in [0.2, 0.25) is 35.4 Å². The molecule has 3 rings (SSSR count). The van der Waals surface area contributed by atoms with Crippen LogP contribution >= 0.6 is 0 Å². The number of likely N-dealkylation sites (tertiary alicyclic amines) is 3. The molecule has 0 spiro atoms. The molecule has 0 aromatic heterocycles. The number of ether oxygens (including phenoxy) is 1. The number of rotatable bonds is 16. The summed E-state index contributed by atoms with van der Waals surface area (Å²) >= 11 is 0. The number of nitrogens with zero attached hydrogens (tertiary/aromatic N) is 3. The van der Waals surface area contributed by atoms with Crippen molar-refractivity contribution in [3.05, 3.63) is 0 Å². The smallest absolute Gasteiger partial charge is 0.407 e. The van der Waals surface area contributed by atoms with Crippen molar-refractivity contribution in [3.63, 3.8) is 0 Å². The van der Waals surface area contributed by atoms with Crippen LogP contribution in [0.5, 0.6) is 0 Å². The lowest BCUT2D eigenvalue weighted by molar-refractivity contribution is -0.630. The van der Waals surface area contributed by atoms with Crippen molar-refractivity contribution in [3.8, 4) is 0 Å². The number of imide groups is 3. The van der Waals surface area contributed by atoms with Gasteiger partial charge in [0.25, 0.3) is 0 Å². The zero-order valence-electron chi connectivity index (χ0n) is 48.8. The highest BCUT2D eigenvalue weighted by molar-refractivity contribution is 6.06. The van der Waals surface area contributed by atoms with Gasteiger partial charge in [0.1, 0.15) is 23.0 Å². The maximum Gasteiger partial charge on any atom is 0.407 e. The highest BCUT2D eigenvalue weighted by atomic mass is 16.6. The molecule has 0 bridgehead atoms. The molecule has 0 aliphatic carbocycles. The van der Waals surface area contributed by atoms with E-state index in [1.54, 1.807) is 20.8 Å². The molecule has 3 N–H and O–H groups in total. The van der Waals surface area contributed by atoms with Crippen LogP contribution < -0.4 is 10.6 Å². The van der Waals surface area contributed by atoms with Gasteiger partial charge in [-0.3, -0.25) is 57.9 Å². The SMILES string of the molecule is CC(C)(C)CC(=O)CC(CNC(=O)OC(C)(C)C)N1C(=O)CC(C(C)(C)C)C1=O.CC(C)(C)CC(=O)CCN1C(=O)CC(C(C)(C)C)C1=O.C[NH2+]CC(CC(=O)CC(C)(C)C)N1C(=O)CC(C(C)(C)C)C1=O. The Labute approximate surface area is 433 Å². The number of quaternary nitrogens is 1. The summed E-state index contributed by atoms with van der Waals surface area (Å²) in [6, 6.07) is -1.05. The molecule has 3 heterocycles. The second kappa shape index (κ2) is 25.3. The fourth-order valence-electron chi connectivity index (χ4n) is 9.11. The normalized spacial score (nSPS) is 20.2. The van der Waals surface area contributed by atoms with Crippen molar-refractivity contribution in [1.29, 1.82) is 0 Å². The molecule has 3 saturated heterocycles. The minimum absolute atomic E-state index is 0.0147. The average molecular weight is 1020 g/mol. The first-order valence-electron chi connectivity index (χ1n) is 26.0. The number of Topliss-reactive ketones (excluding diaryl/α,β-unsaturated/α-hetero) is 3. The van der Waals surface area contributed by atoms with Gasteiger partial charge in [-0.05, 0) is 53.3 Å². The molecule has 0 aromatic rings. The predicted octanol–water partition coefficient (Wildman–Crippen LogP) is 7.86. The number of likely N-dealkylation sites (N-methyl/N-ethyl adjacent to an activating group) is 1. The van der Waals surface area contributed by atoms with E-state index in [0.717, 1.165) is 0 Å². The summed E-state index contributed by atoms with van der Waals surface area (Å²) in [4.78, 5) is 128. The van der Waals surface area contributed by atoms with Crippen molar-refractivity contribution in [2.24, 2.45) is 50.2 Å². The Kier molecular flexibility index (Phi) is 23.0. The first kappa shape index (κ1) is 65.7. The van der Waals surface area contributed by atoms with Crippen LogP contribution in [0.15, 0.2) is 0 Å². The maximum atomic E-state index is 13.0. The lowest BCUT2D eigenvalue weighted by Crippen LogP contribution is -2.83. The van der Waals surface area contributed by atoms with E-state index in [0.29, 0.717) is 25.8 Å². The summed E-state index contributed by atoms with van der Waals surface area (Å²) in [5, 5.41) is 4.55. The van der Waals surface area contributed by atoms with E-state index >= 15 is 0 Å². The number of hydrogen-bond acceptors (Lipinski definition) is 11. The van der Waals surface area contributed by atoms with Gasteiger partial charge in [0.15, 0.2) is 0 Å². The highest BCUT2D eigenvalue weighted by Crippen LogP contribution is 2.39. The van der Waals surface area contributed by atoms with Gasteiger partial charge in [0.05, 0.1) is 43.4 Å². The number of carbonyl (C=O) groups is 10. The molecule has 16 nitrogen and oxygen atoms in total. The Morgan fingerprint density at radius 1 is 0.528 bits per heavy atom. The van der Waals surface area contributed by atoms with Gasteiger partial charge in [-0.15, -0.1) is 0 Å². The van der Waals surface area contributed by atoms with Gasteiger partial charge < -0.3 is 15.4 Å². The topological polar surface area (TPSA) is 218 Å². The number of alkyl carbamates (subject to hydrolysis) is 1. The number of nitrogens with one attached hydrogen (secondary N) is 1. The molecule has 0 radical (unpaired) electrons. The Bertz CT molecular complexity index is 1980. The fourth-order valence-corrected chi connectivity index (χ4v) is 9.11. The molecule has 16 heteroatoms. The number of amides is 7. The Balaban J connectivity index is 0.000000550. The first-order chi connectivity index (χ1) is 32.2. The van der Waals surface area contributed by atoms with E-state index in [9.17, 15) is 47.9 Å². The summed E-state index contributed by atoms with van der Waals surface area (Å²) in [7, 11) is 1.90. The average Bonchev–Trinajstić information content (AvgIpc) is 3.73. The highest BCUT2D eigenvalue weighted by Gasteiger charge is 2.49. The first-order valence-corrected chi connectivity index (χ1v) is 26.0. The summed E-state index contributed by atoms with van der Waals surface area (Å²) < 4.78 is 5.24. The summed E-state index contributed by atoms with van der Waals surface area (Å²) in [5.74, 6) is -1.88. The van der Waals surface area contributed by atoms with E-state index in [2.05, 4.69) is 5.32 Å². The molecule has 7 amide bonds. The predicted molar refractivity (Wildman–Crippen MR) is 279 cm³/mol. The van der Waals surface area contributed by atoms with Crippen molar-refractivity contribution in [2.75, 3.05) is 26.7 Å². The van der Waals surface area contributed by atoms with Gasteiger partial charge in [-0.25, -0.2) is 4.79 Å². The van der Waals surface area contributed by atoms with Crippen LogP contribution in [-0.2, 0) is 47.9 Å². The number of nitrogens with two attached hydrogens (primary N) is 1. The van der Waals surface area contributed by atoms with Crippen LogP contribution in [0, 0.1) is 50.2 Å². The van der Waals surface area contributed by atoms with Crippen LogP contribution in [-0.4, -0.2) is 118 Å². The molecule has 412 valence electrons. The van der Waals surface area contributed by atoms with Gasteiger partial charge in [-0.2, -0.15) is 0 Å².